The molecule has 36 heavy (non-hydrogen) atoms. The van der Waals surface area contributed by atoms with Gasteiger partial charge in [0.25, 0.3) is 0 Å². The van der Waals surface area contributed by atoms with Crippen molar-refractivity contribution < 1.29 is 0 Å². The van der Waals surface area contributed by atoms with Crippen molar-refractivity contribution in [3.63, 3.8) is 0 Å². The molecule has 190 valence electrons. The molecule has 4 atom stereocenters. The van der Waals surface area contributed by atoms with Gasteiger partial charge in [0.15, 0.2) is 0 Å². The summed E-state index contributed by atoms with van der Waals surface area (Å²) in [7, 11) is -0.359. The molecule has 4 rings (SSSR count). The SMILES string of the molecule is CC[C@@H]([C]1[CH][CH][CH][CH]1)P(CCP([C@@H](CC)[C]1[CH][CH][CH][CH]1)[C@@H](CC)[C]1[CH][CH][CH][CH]1)[C@@H](CC)[C]1[CH][CH][CH][CH]1. The highest BCUT2D eigenvalue weighted by molar-refractivity contribution is 7.63. The maximum absolute atomic E-state index is 2.42. The fourth-order valence-electron chi connectivity index (χ4n) is 6.38. The minimum Gasteiger partial charge on any atom is -0.0988 e. The lowest BCUT2D eigenvalue weighted by Crippen LogP contribution is -2.29. The molecule has 0 N–H and O–H groups in total. The molecule has 4 aliphatic rings. The van der Waals surface area contributed by atoms with E-state index in [2.05, 4.69) is 130 Å². The van der Waals surface area contributed by atoms with E-state index in [4.69, 9.17) is 0 Å². The van der Waals surface area contributed by atoms with Crippen LogP contribution in [-0.2, 0) is 0 Å². The maximum atomic E-state index is 2.42. The van der Waals surface area contributed by atoms with Gasteiger partial charge < -0.3 is 0 Å². The summed E-state index contributed by atoms with van der Waals surface area (Å²) in [5, 5.41) is 0. The first kappa shape index (κ1) is 29.8. The summed E-state index contributed by atoms with van der Waals surface area (Å²) in [5.41, 5.74) is 2.74. The molecule has 4 fully saturated rings. The highest BCUT2D eigenvalue weighted by Gasteiger charge is 2.42. The van der Waals surface area contributed by atoms with E-state index >= 15 is 0 Å². The third kappa shape index (κ3) is 7.33. The van der Waals surface area contributed by atoms with Crippen LogP contribution in [0.25, 0.3) is 0 Å². The quantitative estimate of drug-likeness (QED) is 0.192. The van der Waals surface area contributed by atoms with E-state index in [1.807, 2.05) is 0 Å². The molecular weight excluding hydrogens is 470 g/mol. The highest BCUT2D eigenvalue weighted by atomic mass is 31.1. The molecule has 0 nitrogen and oxygen atoms in total. The summed E-state index contributed by atoms with van der Waals surface area (Å²) in [6, 6.07) is 0. The van der Waals surface area contributed by atoms with Crippen LogP contribution in [0.3, 0.4) is 0 Å². The van der Waals surface area contributed by atoms with Crippen LogP contribution < -0.4 is 0 Å². The molecule has 0 bridgehead atoms. The zero-order valence-corrected chi connectivity index (χ0v) is 24.5. The van der Waals surface area contributed by atoms with Crippen LogP contribution >= 0.6 is 15.8 Å². The first-order valence-corrected chi connectivity index (χ1v) is 17.4. The Morgan fingerprint density at radius 1 is 0.389 bits per heavy atom. The molecule has 0 amide bonds. The molecule has 0 aliphatic heterocycles. The Bertz CT molecular complexity index is 480. The van der Waals surface area contributed by atoms with Crippen LogP contribution in [-0.4, -0.2) is 35.0 Å². The molecular formula is C34H44P2. The second-order valence-electron chi connectivity index (χ2n) is 10.0. The van der Waals surface area contributed by atoms with Crippen LogP contribution in [0, 0.1) is 126 Å². The van der Waals surface area contributed by atoms with E-state index in [0.717, 1.165) is 0 Å². The van der Waals surface area contributed by atoms with E-state index in [1.54, 1.807) is 23.7 Å². The highest BCUT2D eigenvalue weighted by Crippen LogP contribution is 2.64. The maximum Gasteiger partial charge on any atom is -0.00935 e. The Morgan fingerprint density at radius 2 is 0.583 bits per heavy atom. The van der Waals surface area contributed by atoms with Crippen LogP contribution in [0.15, 0.2) is 0 Å². The van der Waals surface area contributed by atoms with Crippen LogP contribution in [0.2, 0.25) is 0 Å². The summed E-state index contributed by atoms with van der Waals surface area (Å²) in [6.45, 7) is 9.69. The molecule has 0 aromatic rings. The summed E-state index contributed by atoms with van der Waals surface area (Å²) in [4.78, 5) is 0. The van der Waals surface area contributed by atoms with Crippen LogP contribution in [0.5, 0.6) is 0 Å². The van der Waals surface area contributed by atoms with Gasteiger partial charge in [-0.3, -0.25) is 0 Å². The van der Waals surface area contributed by atoms with Gasteiger partial charge in [0.2, 0.25) is 0 Å². The van der Waals surface area contributed by atoms with Gasteiger partial charge in [-0.15, -0.1) is 0 Å². The minimum absolute atomic E-state index is 0.180. The number of hydrogen-bond acceptors (Lipinski definition) is 0. The fourth-order valence-corrected chi connectivity index (χ4v) is 14.4. The third-order valence-electron chi connectivity index (χ3n) is 8.06. The standard InChI is InChI=1S/C34H44P2/c1-5-31(27-17-9-10-18-27)35(32(6-2)28-19-11-12-20-28)25-26-36(33(7-3)29-21-13-14-22-29)34(8-4)30-23-15-16-24-30/h9-24,31-34H,5-8,25-26H2,1-4H3/t31-,32-,33-,34-/m0/s1. The average molecular weight is 515 g/mol. The van der Waals surface area contributed by atoms with Gasteiger partial charge in [0.1, 0.15) is 0 Å². The minimum atomic E-state index is -0.180. The molecule has 2 heteroatoms. The number of rotatable bonds is 15. The Kier molecular flexibility index (Phi) is 12.9. The van der Waals surface area contributed by atoms with Crippen molar-refractivity contribution in [2.24, 2.45) is 0 Å². The zero-order chi connectivity index (χ0) is 25.3. The van der Waals surface area contributed by atoms with Crippen molar-refractivity contribution >= 4 is 15.8 Å². The van der Waals surface area contributed by atoms with Crippen molar-refractivity contribution in [1.29, 1.82) is 0 Å². The van der Waals surface area contributed by atoms with E-state index in [0.29, 0.717) is 22.6 Å². The molecule has 0 unspecified atom stereocenters. The largest absolute Gasteiger partial charge is 0.0988 e. The Morgan fingerprint density at radius 3 is 0.750 bits per heavy atom. The van der Waals surface area contributed by atoms with Gasteiger partial charge in [-0.2, -0.15) is 0 Å². The molecule has 0 saturated heterocycles. The van der Waals surface area contributed by atoms with Crippen LogP contribution in [0.4, 0.5) is 0 Å². The Balaban J connectivity index is 1.57. The van der Waals surface area contributed by atoms with E-state index in [-0.39, 0.29) is 15.8 Å². The normalized spacial score (nSPS) is 26.5. The van der Waals surface area contributed by atoms with Gasteiger partial charge in [0.05, 0.1) is 0 Å². The molecule has 0 aromatic heterocycles. The smallest absolute Gasteiger partial charge is 0.00935 e. The molecule has 0 aromatic carbocycles. The lowest BCUT2D eigenvalue weighted by atomic mass is 10.0. The van der Waals surface area contributed by atoms with Crippen molar-refractivity contribution in [2.45, 2.75) is 76.0 Å². The Hall–Kier alpha value is 0.860. The summed E-state index contributed by atoms with van der Waals surface area (Å²) < 4.78 is 0. The summed E-state index contributed by atoms with van der Waals surface area (Å²) in [5.74, 6) is 6.29. The van der Waals surface area contributed by atoms with Gasteiger partial charge in [-0.05, 0) is 187 Å². The summed E-state index contributed by atoms with van der Waals surface area (Å²) >= 11 is 0. The van der Waals surface area contributed by atoms with Gasteiger partial charge in [-0.25, -0.2) is 0 Å². The monoisotopic (exact) mass is 514 g/mol. The second kappa shape index (κ2) is 15.6. The first-order chi connectivity index (χ1) is 17.7. The van der Waals surface area contributed by atoms with E-state index < -0.39 is 0 Å². The first-order valence-electron chi connectivity index (χ1n) is 14.1. The van der Waals surface area contributed by atoms with Crippen molar-refractivity contribution in [1.82, 2.24) is 0 Å². The second-order valence-corrected chi connectivity index (χ2v) is 15.5. The van der Waals surface area contributed by atoms with E-state index in [1.165, 1.54) is 38.0 Å². The molecule has 20 radical (unpaired) electrons. The van der Waals surface area contributed by atoms with Crippen molar-refractivity contribution in [2.75, 3.05) is 12.3 Å². The third-order valence-corrected chi connectivity index (χ3v) is 15.7. The summed E-state index contributed by atoms with van der Waals surface area (Å²) in [6.07, 6.45) is 44.8. The number of hydrogen-bond donors (Lipinski definition) is 0. The fraction of sp³-hybridized carbons (Fsp3) is 0.412. The van der Waals surface area contributed by atoms with Gasteiger partial charge in [-0.1, -0.05) is 43.5 Å². The topological polar surface area (TPSA) is 0 Å². The lowest BCUT2D eigenvalue weighted by molar-refractivity contribution is 0.794. The van der Waals surface area contributed by atoms with Crippen molar-refractivity contribution in [3.05, 3.63) is 126 Å². The Labute approximate surface area is 230 Å². The molecule has 4 aliphatic carbocycles. The predicted molar refractivity (Wildman–Crippen MR) is 162 cm³/mol. The molecule has 0 spiro atoms. The van der Waals surface area contributed by atoms with Crippen LogP contribution in [0.1, 0.15) is 53.4 Å². The van der Waals surface area contributed by atoms with E-state index in [9.17, 15) is 0 Å². The predicted octanol–water partition coefficient (Wildman–Crippen LogP) is 8.69. The van der Waals surface area contributed by atoms with Gasteiger partial charge in [0, 0.05) is 0 Å². The van der Waals surface area contributed by atoms with Gasteiger partial charge >= 0.3 is 0 Å². The molecule has 4 saturated carbocycles. The molecule has 0 heterocycles. The van der Waals surface area contributed by atoms with Crippen molar-refractivity contribution in [3.8, 4) is 0 Å². The lowest BCUT2D eigenvalue weighted by Gasteiger charge is -2.43. The zero-order valence-electron chi connectivity index (χ0n) is 22.7. The average Bonchev–Trinajstić information content (AvgIpc) is 3.72.